The highest BCUT2D eigenvalue weighted by molar-refractivity contribution is 9.10. The van der Waals surface area contributed by atoms with E-state index in [1.165, 1.54) is 7.11 Å². The van der Waals surface area contributed by atoms with Gasteiger partial charge in [-0.2, -0.15) is 14.8 Å². The minimum Gasteiger partial charge on any atom is -0.464 e. The second-order valence-corrected chi connectivity index (χ2v) is 10.5. The number of piperazine rings is 1. The third-order valence-corrected chi connectivity index (χ3v) is 7.75. The summed E-state index contributed by atoms with van der Waals surface area (Å²) in [4.78, 5) is 22.0. The predicted octanol–water partition coefficient (Wildman–Crippen LogP) is 3.83. The minimum absolute atomic E-state index is 0.372. The van der Waals surface area contributed by atoms with E-state index < -0.39 is 5.97 Å². The van der Waals surface area contributed by atoms with Gasteiger partial charge in [0.05, 0.1) is 17.3 Å². The number of thioether (sulfide) groups is 1. The van der Waals surface area contributed by atoms with E-state index in [4.69, 9.17) is 9.72 Å². The summed E-state index contributed by atoms with van der Waals surface area (Å²) in [5, 5.41) is 5.66. The number of aromatic nitrogens is 3. The van der Waals surface area contributed by atoms with Crippen LogP contribution in [0.4, 0.5) is 5.82 Å². The zero-order valence-corrected chi connectivity index (χ0v) is 20.1. The second kappa shape index (κ2) is 9.15. The van der Waals surface area contributed by atoms with Crippen LogP contribution in [0.15, 0.2) is 8.68 Å². The van der Waals surface area contributed by atoms with Crippen molar-refractivity contribution in [2.75, 3.05) is 44.7 Å². The summed E-state index contributed by atoms with van der Waals surface area (Å²) >= 11 is 6.85. The maximum atomic E-state index is 12.3. The summed E-state index contributed by atoms with van der Waals surface area (Å²) in [6.07, 6.45) is 0. The molecule has 3 rings (SSSR count). The van der Waals surface area contributed by atoms with Crippen LogP contribution in [0.25, 0.3) is 5.13 Å². The van der Waals surface area contributed by atoms with Crippen molar-refractivity contribution < 1.29 is 9.53 Å². The lowest BCUT2D eigenvalue weighted by atomic mass is 10.3. The van der Waals surface area contributed by atoms with E-state index >= 15 is 0 Å². The third kappa shape index (κ3) is 4.39. The van der Waals surface area contributed by atoms with Gasteiger partial charge in [0.1, 0.15) is 4.21 Å². The van der Waals surface area contributed by atoms with Gasteiger partial charge in [-0.15, -0.1) is 11.8 Å². The van der Waals surface area contributed by atoms with Crippen LogP contribution in [0.5, 0.6) is 0 Å². The molecule has 154 valence electrons. The molecule has 7 nitrogen and oxygen atoms in total. The normalized spacial score (nSPS) is 15.5. The average Bonchev–Trinajstić information content (AvgIpc) is 3.22. The van der Waals surface area contributed by atoms with Gasteiger partial charge in [-0.05, 0) is 29.4 Å². The number of nitrogens with zero attached hydrogens (tertiary/aromatic N) is 5. The molecule has 0 N–H and O–H groups in total. The van der Waals surface area contributed by atoms with E-state index in [1.54, 1.807) is 27.8 Å². The maximum Gasteiger partial charge on any atom is 0.358 e. The Morgan fingerprint density at radius 2 is 2.00 bits per heavy atom. The SMILES string of the molecule is CCN1CCN(c2nc(-n3nc(C)c(Br)c3C(=O)OC)sc2SC(C)C)CC1. The Bertz CT molecular complexity index is 843. The smallest absolute Gasteiger partial charge is 0.358 e. The lowest BCUT2D eigenvalue weighted by Gasteiger charge is -2.34. The Morgan fingerprint density at radius 1 is 1.32 bits per heavy atom. The molecule has 2 aromatic rings. The van der Waals surface area contributed by atoms with Crippen molar-refractivity contribution in [3.05, 3.63) is 15.9 Å². The van der Waals surface area contributed by atoms with Gasteiger partial charge in [0.25, 0.3) is 0 Å². The number of anilines is 1. The highest BCUT2D eigenvalue weighted by atomic mass is 79.9. The minimum atomic E-state index is -0.432. The number of carbonyl (C=O) groups is 1. The lowest BCUT2D eigenvalue weighted by molar-refractivity contribution is 0.0589. The molecule has 2 aromatic heterocycles. The van der Waals surface area contributed by atoms with Crippen molar-refractivity contribution in [3.63, 3.8) is 0 Å². The molecule has 10 heteroatoms. The van der Waals surface area contributed by atoms with Crippen LogP contribution >= 0.6 is 39.0 Å². The summed E-state index contributed by atoms with van der Waals surface area (Å²) in [6, 6.07) is 0. The molecular formula is C18H26BrN5O2S2. The maximum absolute atomic E-state index is 12.3. The van der Waals surface area contributed by atoms with E-state index in [0.717, 1.165) is 48.4 Å². The Morgan fingerprint density at radius 3 is 2.57 bits per heavy atom. The quantitative estimate of drug-likeness (QED) is 0.453. The van der Waals surface area contributed by atoms with E-state index in [1.807, 2.05) is 6.92 Å². The van der Waals surface area contributed by atoms with Gasteiger partial charge < -0.3 is 14.5 Å². The largest absolute Gasteiger partial charge is 0.464 e. The molecule has 0 radical (unpaired) electrons. The number of thiazole rings is 1. The van der Waals surface area contributed by atoms with Crippen molar-refractivity contribution in [3.8, 4) is 5.13 Å². The lowest BCUT2D eigenvalue weighted by Crippen LogP contribution is -2.46. The highest BCUT2D eigenvalue weighted by Crippen LogP contribution is 2.40. The van der Waals surface area contributed by atoms with Crippen molar-refractivity contribution >= 4 is 50.8 Å². The van der Waals surface area contributed by atoms with E-state index in [-0.39, 0.29) is 0 Å². The van der Waals surface area contributed by atoms with Crippen LogP contribution < -0.4 is 4.90 Å². The Balaban J connectivity index is 2.01. The monoisotopic (exact) mass is 487 g/mol. The Hall–Kier alpha value is -1.10. The summed E-state index contributed by atoms with van der Waals surface area (Å²) in [6.45, 7) is 13.5. The second-order valence-electron chi connectivity index (χ2n) is 6.85. The standard InChI is InChI=1S/C18H26BrN5O2S2/c1-6-22-7-9-23(10-8-22)15-17(27-11(2)3)28-18(20-15)24-14(16(25)26-5)13(19)12(4)21-24/h11H,6-10H2,1-5H3. The van der Waals surface area contributed by atoms with Gasteiger partial charge >= 0.3 is 5.97 Å². The molecule has 28 heavy (non-hydrogen) atoms. The molecule has 1 fully saturated rings. The number of halogens is 1. The van der Waals surface area contributed by atoms with Crippen LogP contribution in [0.3, 0.4) is 0 Å². The molecule has 0 aromatic carbocycles. The number of hydrogen-bond donors (Lipinski definition) is 0. The summed E-state index contributed by atoms with van der Waals surface area (Å²) < 4.78 is 8.37. The molecule has 1 aliphatic heterocycles. The van der Waals surface area contributed by atoms with E-state index in [0.29, 0.717) is 20.5 Å². The topological polar surface area (TPSA) is 63.5 Å². The molecule has 0 spiro atoms. The number of rotatable bonds is 6. The molecule has 0 amide bonds. The third-order valence-electron chi connectivity index (χ3n) is 4.58. The zero-order valence-electron chi connectivity index (χ0n) is 16.9. The fourth-order valence-corrected chi connectivity index (χ4v) is 5.96. The van der Waals surface area contributed by atoms with Crippen LogP contribution in [0, 0.1) is 6.92 Å². The molecule has 0 saturated carbocycles. The first-order chi connectivity index (χ1) is 13.3. The predicted molar refractivity (Wildman–Crippen MR) is 118 cm³/mol. The van der Waals surface area contributed by atoms with Gasteiger partial charge in [0.2, 0.25) is 5.13 Å². The first kappa shape index (κ1) is 21.6. The van der Waals surface area contributed by atoms with Gasteiger partial charge in [-0.25, -0.2) is 4.79 Å². The first-order valence-electron chi connectivity index (χ1n) is 9.34. The zero-order chi connectivity index (χ0) is 20.4. The Labute approximate surface area is 182 Å². The molecule has 0 aliphatic carbocycles. The number of methoxy groups -OCH3 is 1. The van der Waals surface area contributed by atoms with Crippen LogP contribution in [-0.4, -0.2) is 70.7 Å². The molecular weight excluding hydrogens is 462 g/mol. The molecule has 0 unspecified atom stereocenters. The average molecular weight is 488 g/mol. The van der Waals surface area contributed by atoms with E-state index in [2.05, 4.69) is 51.6 Å². The van der Waals surface area contributed by atoms with Crippen LogP contribution in [0.1, 0.15) is 37.0 Å². The van der Waals surface area contributed by atoms with Crippen LogP contribution in [-0.2, 0) is 4.74 Å². The van der Waals surface area contributed by atoms with Gasteiger partial charge in [0, 0.05) is 31.4 Å². The molecule has 1 aliphatic rings. The molecule has 3 heterocycles. The number of aryl methyl sites for hydroxylation is 1. The van der Waals surface area contributed by atoms with Gasteiger partial charge in [-0.1, -0.05) is 32.1 Å². The van der Waals surface area contributed by atoms with E-state index in [9.17, 15) is 4.79 Å². The van der Waals surface area contributed by atoms with Crippen molar-refractivity contribution in [2.45, 2.75) is 37.2 Å². The number of esters is 1. The Kier molecular flexibility index (Phi) is 7.06. The van der Waals surface area contributed by atoms with Crippen molar-refractivity contribution in [2.24, 2.45) is 0 Å². The molecule has 0 bridgehead atoms. The highest BCUT2D eigenvalue weighted by Gasteiger charge is 2.27. The fraction of sp³-hybridized carbons (Fsp3) is 0.611. The number of ether oxygens (including phenoxy) is 1. The number of hydrogen-bond acceptors (Lipinski definition) is 8. The van der Waals surface area contributed by atoms with Crippen LogP contribution in [0.2, 0.25) is 0 Å². The van der Waals surface area contributed by atoms with Crippen molar-refractivity contribution in [1.82, 2.24) is 19.7 Å². The van der Waals surface area contributed by atoms with Gasteiger partial charge in [-0.3, -0.25) is 0 Å². The summed E-state index contributed by atoms with van der Waals surface area (Å²) in [5.41, 5.74) is 1.10. The van der Waals surface area contributed by atoms with Gasteiger partial charge in [0.15, 0.2) is 11.5 Å². The molecule has 0 atom stereocenters. The number of likely N-dealkylation sites (N-methyl/N-ethyl adjacent to an activating group) is 1. The fourth-order valence-electron chi connectivity index (χ4n) is 3.06. The first-order valence-corrected chi connectivity index (χ1v) is 11.8. The summed E-state index contributed by atoms with van der Waals surface area (Å²) in [7, 11) is 1.38. The summed E-state index contributed by atoms with van der Waals surface area (Å²) in [5.74, 6) is 0.563. The number of carbonyl (C=O) groups excluding carboxylic acids is 1. The molecule has 1 saturated heterocycles. The van der Waals surface area contributed by atoms with Crippen molar-refractivity contribution in [1.29, 1.82) is 0 Å².